The number of rotatable bonds is 4. The summed E-state index contributed by atoms with van der Waals surface area (Å²) in [5.74, 6) is -1.01. The van der Waals surface area contributed by atoms with E-state index in [0.717, 1.165) is 0 Å². The largest absolute Gasteiger partial charge is 0.480 e. The van der Waals surface area contributed by atoms with Gasteiger partial charge in [-0.25, -0.2) is 4.79 Å². The van der Waals surface area contributed by atoms with Gasteiger partial charge in [-0.05, 0) is 18.6 Å². The molecule has 1 atom stereocenters. The van der Waals surface area contributed by atoms with Crippen molar-refractivity contribution in [2.24, 2.45) is 0 Å². The minimum atomic E-state index is -1.01. The lowest BCUT2D eigenvalue weighted by molar-refractivity contribution is -0.141. The molecule has 15 heavy (non-hydrogen) atoms. The summed E-state index contributed by atoms with van der Waals surface area (Å²) in [6, 6.07) is 2.21. The lowest BCUT2D eigenvalue weighted by atomic mass is 10.1. The Kier molecular flexibility index (Phi) is 3.49. The average molecular weight is 210 g/mol. The van der Waals surface area contributed by atoms with Crippen LogP contribution in [0.1, 0.15) is 25.8 Å². The van der Waals surface area contributed by atoms with Crippen molar-refractivity contribution in [2.45, 2.75) is 25.8 Å². The molecule has 0 aliphatic carbocycles. The molecule has 0 aliphatic rings. The molecule has 0 bridgehead atoms. The fourth-order valence-electron chi connectivity index (χ4n) is 1.43. The molecule has 1 rings (SSSR count). The summed E-state index contributed by atoms with van der Waals surface area (Å²) in [4.78, 5) is 22.5. The van der Waals surface area contributed by atoms with Gasteiger partial charge in [-0.2, -0.15) is 0 Å². The molecule has 0 saturated heterocycles. The van der Waals surface area contributed by atoms with Crippen LogP contribution in [0.15, 0.2) is 23.1 Å². The van der Waals surface area contributed by atoms with Crippen LogP contribution in [0.25, 0.3) is 0 Å². The molecule has 1 aromatic heterocycles. The van der Waals surface area contributed by atoms with E-state index in [2.05, 4.69) is 0 Å². The number of aromatic nitrogens is 1. The van der Waals surface area contributed by atoms with E-state index in [0.29, 0.717) is 12.8 Å². The predicted molar refractivity (Wildman–Crippen MR) is 56.7 cm³/mol. The highest BCUT2D eigenvalue weighted by atomic mass is 16.4. The first-order valence-corrected chi connectivity index (χ1v) is 4.77. The van der Waals surface area contributed by atoms with Crippen LogP contribution < -0.4 is 11.3 Å². The number of hydrogen-bond acceptors (Lipinski definition) is 3. The normalized spacial score (nSPS) is 12.3. The summed E-state index contributed by atoms with van der Waals surface area (Å²) < 4.78 is 1.17. The van der Waals surface area contributed by atoms with Gasteiger partial charge < -0.3 is 10.8 Å². The van der Waals surface area contributed by atoms with Gasteiger partial charge in [-0.3, -0.25) is 9.36 Å². The number of anilines is 1. The zero-order valence-electron chi connectivity index (χ0n) is 8.51. The molecular weight excluding hydrogens is 196 g/mol. The number of hydrogen-bond donors (Lipinski definition) is 2. The van der Waals surface area contributed by atoms with E-state index in [1.807, 2.05) is 6.92 Å². The summed E-state index contributed by atoms with van der Waals surface area (Å²) in [5, 5.41) is 8.97. The van der Waals surface area contributed by atoms with E-state index in [4.69, 9.17) is 10.8 Å². The van der Waals surface area contributed by atoms with Crippen LogP contribution in [0.4, 0.5) is 5.69 Å². The van der Waals surface area contributed by atoms with Crippen LogP contribution >= 0.6 is 0 Å². The first-order chi connectivity index (χ1) is 7.07. The Morgan fingerprint density at radius 1 is 1.67 bits per heavy atom. The molecule has 5 heteroatoms. The number of pyridine rings is 1. The molecule has 0 spiro atoms. The van der Waals surface area contributed by atoms with E-state index in [-0.39, 0.29) is 5.69 Å². The van der Waals surface area contributed by atoms with Gasteiger partial charge in [-0.15, -0.1) is 0 Å². The van der Waals surface area contributed by atoms with Crippen LogP contribution in [0.5, 0.6) is 0 Å². The minimum Gasteiger partial charge on any atom is -0.480 e. The number of carboxylic acids is 1. The average Bonchev–Trinajstić information content (AvgIpc) is 2.19. The van der Waals surface area contributed by atoms with Crippen molar-refractivity contribution in [1.29, 1.82) is 0 Å². The highest BCUT2D eigenvalue weighted by Gasteiger charge is 2.19. The summed E-state index contributed by atoms with van der Waals surface area (Å²) in [7, 11) is 0. The molecule has 3 N–H and O–H groups in total. The lowest BCUT2D eigenvalue weighted by Gasteiger charge is -2.14. The van der Waals surface area contributed by atoms with Gasteiger partial charge >= 0.3 is 5.97 Å². The third-order valence-corrected chi connectivity index (χ3v) is 2.19. The van der Waals surface area contributed by atoms with Crippen molar-refractivity contribution < 1.29 is 9.90 Å². The van der Waals surface area contributed by atoms with Gasteiger partial charge in [0.1, 0.15) is 6.04 Å². The Labute approximate surface area is 87.1 Å². The Hall–Kier alpha value is -1.78. The second kappa shape index (κ2) is 4.63. The molecule has 82 valence electrons. The molecule has 0 aromatic carbocycles. The molecule has 1 aromatic rings. The first kappa shape index (κ1) is 11.3. The van der Waals surface area contributed by atoms with E-state index in [9.17, 15) is 9.59 Å². The number of nitrogens with zero attached hydrogens (tertiary/aromatic N) is 1. The fourth-order valence-corrected chi connectivity index (χ4v) is 1.43. The Morgan fingerprint density at radius 2 is 2.33 bits per heavy atom. The SMILES string of the molecule is CCCC(C(=O)O)n1cccc(N)c1=O. The highest BCUT2D eigenvalue weighted by Crippen LogP contribution is 2.12. The van der Waals surface area contributed by atoms with Crippen molar-refractivity contribution >= 4 is 11.7 Å². The third kappa shape index (κ3) is 2.37. The fraction of sp³-hybridized carbons (Fsp3) is 0.400. The maximum Gasteiger partial charge on any atom is 0.326 e. The molecule has 1 heterocycles. The van der Waals surface area contributed by atoms with Gasteiger partial charge in [0, 0.05) is 6.20 Å². The Bertz CT molecular complexity index is 411. The molecule has 5 nitrogen and oxygen atoms in total. The minimum absolute atomic E-state index is 0.0693. The Balaban J connectivity index is 3.17. The number of nitrogen functional groups attached to an aromatic ring is 1. The zero-order valence-corrected chi connectivity index (χ0v) is 8.51. The molecule has 0 aliphatic heterocycles. The molecule has 0 fully saturated rings. The summed E-state index contributed by atoms with van der Waals surface area (Å²) in [6.07, 6.45) is 2.56. The Morgan fingerprint density at radius 3 is 2.87 bits per heavy atom. The quantitative estimate of drug-likeness (QED) is 0.771. The van der Waals surface area contributed by atoms with Crippen LogP contribution in [0, 0.1) is 0 Å². The topological polar surface area (TPSA) is 85.3 Å². The van der Waals surface area contributed by atoms with Crippen LogP contribution in [0.3, 0.4) is 0 Å². The lowest BCUT2D eigenvalue weighted by Crippen LogP contribution is -2.30. The van der Waals surface area contributed by atoms with Crippen molar-refractivity contribution in [1.82, 2.24) is 4.57 Å². The number of carbonyl (C=O) groups is 1. The number of aliphatic carboxylic acids is 1. The molecular formula is C10H14N2O3. The summed E-state index contributed by atoms with van der Waals surface area (Å²) in [5.41, 5.74) is 5.05. The standard InChI is InChI=1S/C10H14N2O3/c1-2-4-8(10(14)15)12-6-3-5-7(11)9(12)13/h3,5-6,8H,2,4,11H2,1H3,(H,14,15). The van der Waals surface area contributed by atoms with E-state index in [1.165, 1.54) is 16.8 Å². The van der Waals surface area contributed by atoms with Gasteiger partial charge in [0.25, 0.3) is 5.56 Å². The number of carboxylic acid groups (broad SMARTS) is 1. The zero-order chi connectivity index (χ0) is 11.4. The maximum atomic E-state index is 11.6. The van der Waals surface area contributed by atoms with Gasteiger partial charge in [0.15, 0.2) is 0 Å². The first-order valence-electron chi connectivity index (χ1n) is 4.77. The molecule has 0 saturated carbocycles. The van der Waals surface area contributed by atoms with Crippen LogP contribution in [-0.4, -0.2) is 15.6 Å². The maximum absolute atomic E-state index is 11.6. The highest BCUT2D eigenvalue weighted by molar-refractivity contribution is 5.71. The molecule has 0 radical (unpaired) electrons. The van der Waals surface area contributed by atoms with Gasteiger partial charge in [0.2, 0.25) is 0 Å². The van der Waals surface area contributed by atoms with Gasteiger partial charge in [-0.1, -0.05) is 13.3 Å². The van der Waals surface area contributed by atoms with Gasteiger partial charge in [0.05, 0.1) is 5.69 Å². The number of nitrogens with two attached hydrogens (primary N) is 1. The van der Waals surface area contributed by atoms with E-state index >= 15 is 0 Å². The second-order valence-electron chi connectivity index (χ2n) is 3.32. The molecule has 1 unspecified atom stereocenters. The summed E-state index contributed by atoms with van der Waals surface area (Å²) >= 11 is 0. The van der Waals surface area contributed by atoms with Crippen molar-refractivity contribution in [3.8, 4) is 0 Å². The smallest absolute Gasteiger partial charge is 0.326 e. The van der Waals surface area contributed by atoms with Crippen molar-refractivity contribution in [2.75, 3.05) is 5.73 Å². The van der Waals surface area contributed by atoms with E-state index < -0.39 is 17.6 Å². The molecule has 0 amide bonds. The van der Waals surface area contributed by atoms with Crippen LogP contribution in [0.2, 0.25) is 0 Å². The van der Waals surface area contributed by atoms with Crippen molar-refractivity contribution in [3.05, 3.63) is 28.7 Å². The monoisotopic (exact) mass is 210 g/mol. The van der Waals surface area contributed by atoms with E-state index in [1.54, 1.807) is 6.07 Å². The second-order valence-corrected chi connectivity index (χ2v) is 3.32. The van der Waals surface area contributed by atoms with Crippen molar-refractivity contribution in [3.63, 3.8) is 0 Å². The van der Waals surface area contributed by atoms with Crippen LogP contribution in [-0.2, 0) is 4.79 Å². The summed E-state index contributed by atoms with van der Waals surface area (Å²) in [6.45, 7) is 1.87. The third-order valence-electron chi connectivity index (χ3n) is 2.19. The predicted octanol–water partition coefficient (Wildman–Crippen LogP) is 0.856.